The lowest BCUT2D eigenvalue weighted by molar-refractivity contribution is -2.00. The lowest BCUT2D eigenvalue weighted by Crippen LogP contribution is -2.68. The summed E-state index contributed by atoms with van der Waals surface area (Å²) in [5.74, 6) is 0. The zero-order chi connectivity index (χ0) is 28.0. The molecule has 0 atom stereocenters. The summed E-state index contributed by atoms with van der Waals surface area (Å²) in [6.07, 6.45) is 0. The molecule has 0 saturated heterocycles. The second-order valence-electron chi connectivity index (χ2n) is 9.22. The first-order valence-electron chi connectivity index (χ1n) is 12.7. The first kappa shape index (κ1) is 27.2. The van der Waals surface area contributed by atoms with Crippen LogP contribution in [-0.2, 0) is 6.54 Å². The third-order valence-electron chi connectivity index (χ3n) is 6.59. The third-order valence-corrected chi connectivity index (χ3v) is 6.59. The Morgan fingerprint density at radius 2 is 0.825 bits per heavy atom. The fourth-order valence-electron chi connectivity index (χ4n) is 4.88. The summed E-state index contributed by atoms with van der Waals surface area (Å²) >= 11 is 0. The average molecular weight is 548 g/mol. The van der Waals surface area contributed by atoms with Crippen LogP contribution in [0.25, 0.3) is 44.8 Å². The third kappa shape index (κ3) is 6.79. The largest absolute Gasteiger partial charge is 0.222 e. The van der Waals surface area contributed by atoms with Gasteiger partial charge in [0.15, 0.2) is 6.54 Å². The van der Waals surface area contributed by atoms with Gasteiger partial charge in [0.1, 0.15) is 0 Å². The number of fused-ring (bicyclic) bond motifs is 1. The van der Waals surface area contributed by atoms with Crippen LogP contribution in [-0.4, -0.2) is 0 Å². The monoisotopic (exact) mass is 547 g/mol. The maximum absolute atomic E-state index is 8.49. The molecule has 0 N–H and O–H groups in total. The predicted molar refractivity (Wildman–Crippen MR) is 145 cm³/mol. The van der Waals surface area contributed by atoms with Gasteiger partial charge < -0.3 is 0 Å². The second-order valence-corrected chi connectivity index (χ2v) is 9.98. The van der Waals surface area contributed by atoms with Crippen molar-refractivity contribution in [3.05, 3.63) is 151 Å². The Morgan fingerprint density at radius 1 is 0.425 bits per heavy atom. The SMILES string of the molecule is [O-][Cl+3]([O-])([O-])[O-].c1ccc(C[n+]2c(-c3ccccc3)cc(-c3ccc4cccccc3-4)cc2-c2ccccc2)cc1. The van der Waals surface area contributed by atoms with Crippen LogP contribution >= 0.6 is 0 Å². The van der Waals surface area contributed by atoms with Crippen LogP contribution in [0.4, 0.5) is 0 Å². The Labute approximate surface area is 235 Å². The smallest absolute Gasteiger partial charge is 0.213 e. The number of nitrogens with zero attached hydrogens (tertiary/aromatic N) is 1. The molecule has 198 valence electrons. The summed E-state index contributed by atoms with van der Waals surface area (Å²) in [5, 5.41) is 0. The minimum absolute atomic E-state index is 0.798. The lowest BCUT2D eigenvalue weighted by Gasteiger charge is -2.17. The van der Waals surface area contributed by atoms with Gasteiger partial charge in [-0.3, -0.25) is 0 Å². The van der Waals surface area contributed by atoms with E-state index in [4.69, 9.17) is 18.6 Å². The normalized spacial score (nSPS) is 11.1. The van der Waals surface area contributed by atoms with E-state index in [0.717, 1.165) is 6.54 Å². The number of halogens is 1. The van der Waals surface area contributed by atoms with E-state index in [1.54, 1.807) is 0 Å². The van der Waals surface area contributed by atoms with Crippen molar-refractivity contribution in [3.63, 3.8) is 0 Å². The van der Waals surface area contributed by atoms with Gasteiger partial charge in [-0.1, -0.05) is 109 Å². The van der Waals surface area contributed by atoms with Crippen molar-refractivity contribution in [1.29, 1.82) is 0 Å². The van der Waals surface area contributed by atoms with Crippen LogP contribution < -0.4 is 23.2 Å². The van der Waals surface area contributed by atoms with Crippen molar-refractivity contribution in [1.82, 2.24) is 0 Å². The Morgan fingerprint density at radius 3 is 1.32 bits per heavy atom. The zero-order valence-electron chi connectivity index (χ0n) is 21.5. The van der Waals surface area contributed by atoms with Crippen molar-refractivity contribution in [3.8, 4) is 44.8 Å². The number of hydrogen-bond acceptors (Lipinski definition) is 4. The Bertz CT molecular complexity index is 1590. The molecule has 0 amide bonds. The summed E-state index contributed by atoms with van der Waals surface area (Å²) in [7, 11) is -4.94. The summed E-state index contributed by atoms with van der Waals surface area (Å²) < 4.78 is 36.4. The van der Waals surface area contributed by atoms with Crippen molar-refractivity contribution >= 4 is 0 Å². The highest BCUT2D eigenvalue weighted by molar-refractivity contribution is 5.88. The number of rotatable bonds is 5. The average Bonchev–Trinajstić information content (AvgIpc) is 3.21. The number of aromatic nitrogens is 1. The topological polar surface area (TPSA) is 96.1 Å². The Kier molecular flexibility index (Phi) is 8.31. The molecule has 0 bridgehead atoms. The summed E-state index contributed by atoms with van der Waals surface area (Å²) in [6.45, 7) is 0.798. The van der Waals surface area contributed by atoms with Gasteiger partial charge in [-0.2, -0.15) is 4.57 Å². The van der Waals surface area contributed by atoms with Crippen molar-refractivity contribution in [2.75, 3.05) is 0 Å². The molecule has 0 aliphatic heterocycles. The van der Waals surface area contributed by atoms with Crippen LogP contribution in [0.2, 0.25) is 0 Å². The summed E-state index contributed by atoms with van der Waals surface area (Å²) in [5.41, 5.74) is 11.1. The maximum atomic E-state index is 8.49. The second kappa shape index (κ2) is 12.2. The van der Waals surface area contributed by atoms with E-state index in [9.17, 15) is 0 Å². The number of benzene rings is 3. The van der Waals surface area contributed by atoms with Gasteiger partial charge >= 0.3 is 0 Å². The molecular weight excluding hydrogens is 522 g/mol. The van der Waals surface area contributed by atoms with E-state index < -0.39 is 10.2 Å². The molecule has 6 rings (SSSR count). The van der Waals surface area contributed by atoms with Gasteiger partial charge in [-0.15, -0.1) is 10.2 Å². The fraction of sp³-hybridized carbons (Fsp3) is 0.0294. The molecule has 1 heterocycles. The highest BCUT2D eigenvalue weighted by atomic mass is 35.7. The highest BCUT2D eigenvalue weighted by Gasteiger charge is 2.24. The molecule has 0 fully saturated rings. The first-order chi connectivity index (χ1) is 19.4. The molecule has 40 heavy (non-hydrogen) atoms. The molecule has 1 aromatic heterocycles. The van der Waals surface area contributed by atoms with E-state index in [-0.39, 0.29) is 0 Å². The predicted octanol–water partition coefficient (Wildman–Crippen LogP) is 3.37. The van der Waals surface area contributed by atoms with Crippen LogP contribution in [0, 0.1) is 10.2 Å². The number of pyridine rings is 1. The van der Waals surface area contributed by atoms with Gasteiger partial charge in [0.05, 0.1) is 0 Å². The maximum Gasteiger partial charge on any atom is 0.213 e. The van der Waals surface area contributed by atoms with Crippen LogP contribution in [0.15, 0.2) is 146 Å². The Balaban J connectivity index is 0.000000595. The summed E-state index contributed by atoms with van der Waals surface area (Å²) in [6, 6.07) is 52.1. The van der Waals surface area contributed by atoms with Crippen LogP contribution in [0.1, 0.15) is 5.56 Å². The lowest BCUT2D eigenvalue weighted by atomic mass is 9.97. The van der Waals surface area contributed by atoms with E-state index in [2.05, 4.69) is 150 Å². The Hall–Kier alpha value is -4.36. The highest BCUT2D eigenvalue weighted by Crippen LogP contribution is 2.37. The summed E-state index contributed by atoms with van der Waals surface area (Å²) in [4.78, 5) is 0. The fourth-order valence-corrected chi connectivity index (χ4v) is 4.88. The van der Waals surface area contributed by atoms with Gasteiger partial charge in [0, 0.05) is 28.8 Å². The quantitative estimate of drug-likeness (QED) is 0.309. The van der Waals surface area contributed by atoms with E-state index in [0.29, 0.717) is 0 Å². The van der Waals surface area contributed by atoms with Gasteiger partial charge in [0.2, 0.25) is 11.4 Å². The van der Waals surface area contributed by atoms with Crippen molar-refractivity contribution < 1.29 is 33.4 Å². The van der Waals surface area contributed by atoms with Crippen molar-refractivity contribution in [2.24, 2.45) is 0 Å². The first-order valence-corrected chi connectivity index (χ1v) is 13.9. The van der Waals surface area contributed by atoms with Gasteiger partial charge in [0.25, 0.3) is 0 Å². The molecule has 4 aromatic rings. The van der Waals surface area contributed by atoms with Gasteiger partial charge in [-0.25, -0.2) is 18.6 Å². The van der Waals surface area contributed by atoms with E-state index in [1.807, 2.05) is 0 Å². The minimum Gasteiger partial charge on any atom is -0.222 e. The molecule has 3 aromatic carbocycles. The molecule has 0 saturated carbocycles. The molecule has 0 spiro atoms. The molecule has 2 aliphatic rings. The van der Waals surface area contributed by atoms with Crippen LogP contribution in [0.3, 0.4) is 0 Å². The van der Waals surface area contributed by atoms with Crippen LogP contribution in [0.5, 0.6) is 0 Å². The molecule has 6 heteroatoms. The van der Waals surface area contributed by atoms with E-state index >= 15 is 0 Å². The van der Waals surface area contributed by atoms with Crippen molar-refractivity contribution in [2.45, 2.75) is 6.54 Å². The zero-order valence-corrected chi connectivity index (χ0v) is 22.3. The van der Waals surface area contributed by atoms with Gasteiger partial charge in [-0.05, 0) is 46.5 Å². The number of hydrogen-bond donors (Lipinski definition) is 0. The van der Waals surface area contributed by atoms with E-state index in [1.165, 1.54) is 50.3 Å². The molecule has 0 unspecified atom stereocenters. The molecule has 2 aliphatic carbocycles. The molecular formula is C34H26ClNO4. The molecule has 0 radical (unpaired) electrons. The molecule has 5 nitrogen and oxygen atoms in total. The minimum atomic E-state index is -4.94. The standard InChI is InChI=1S/C34H26N.ClHO4/c1-5-13-26(14-6-1)25-35-33(28-16-8-2-9-17-28)23-30(24-34(35)29-18-10-3-11-19-29)32-22-21-27-15-7-4-12-20-31(27)32;2-1(3,4)5/h1-24H,25H2;(H,2,3,4,5)/q+1;/p-1.